The topological polar surface area (TPSA) is 49.2 Å². The summed E-state index contributed by atoms with van der Waals surface area (Å²) in [6.45, 7) is 8.12. The first-order valence-electron chi connectivity index (χ1n) is 6.54. The lowest BCUT2D eigenvalue weighted by molar-refractivity contribution is 0.0814. The summed E-state index contributed by atoms with van der Waals surface area (Å²) < 4.78 is 12.8. The number of hydrogen-bond acceptors (Lipinski definition) is 4. The monoisotopic (exact) mass is 313 g/mol. The molecule has 0 aliphatic carbocycles. The molecule has 0 spiro atoms. The minimum absolute atomic E-state index is 0.337. The van der Waals surface area contributed by atoms with E-state index in [0.29, 0.717) is 17.6 Å². The van der Waals surface area contributed by atoms with E-state index in [1.807, 2.05) is 0 Å². The molecule has 0 aliphatic heterocycles. The average molecular weight is 314 g/mol. The van der Waals surface area contributed by atoms with Crippen LogP contribution in [0.2, 0.25) is 30.8 Å². The summed E-state index contributed by atoms with van der Waals surface area (Å²) in [7, 11) is 0.505. The molecule has 2 aromatic rings. The molecule has 0 fully saturated rings. The molecular formula is C13H20ClN3O2Si. The summed E-state index contributed by atoms with van der Waals surface area (Å²) in [5.41, 5.74) is 0.820. The zero-order chi connectivity index (χ0) is 14.8. The summed E-state index contributed by atoms with van der Waals surface area (Å²) in [5.74, 6) is 0.537. The normalized spacial score (nSPS) is 12.1. The molecule has 5 nitrogen and oxygen atoms in total. The number of methoxy groups -OCH3 is 1. The van der Waals surface area contributed by atoms with Crippen molar-refractivity contribution in [3.63, 3.8) is 0 Å². The Balaban J connectivity index is 2.13. The molecule has 0 aromatic carbocycles. The van der Waals surface area contributed by atoms with Crippen LogP contribution in [-0.4, -0.2) is 36.6 Å². The van der Waals surface area contributed by atoms with E-state index in [1.165, 1.54) is 0 Å². The lowest BCUT2D eigenvalue weighted by Crippen LogP contribution is -2.22. The molecule has 0 aliphatic rings. The van der Waals surface area contributed by atoms with Gasteiger partial charge in [0.25, 0.3) is 0 Å². The highest BCUT2D eigenvalue weighted by Crippen LogP contribution is 2.31. The van der Waals surface area contributed by atoms with E-state index in [0.717, 1.165) is 23.6 Å². The molecule has 0 unspecified atom stereocenters. The summed E-state index contributed by atoms with van der Waals surface area (Å²) in [6, 6.07) is 1.13. The highest BCUT2D eigenvalue weighted by molar-refractivity contribution is 6.76. The van der Waals surface area contributed by atoms with Crippen molar-refractivity contribution < 1.29 is 9.47 Å². The molecule has 7 heteroatoms. The molecule has 2 aromatic heterocycles. The molecule has 20 heavy (non-hydrogen) atoms. The van der Waals surface area contributed by atoms with Gasteiger partial charge in [0, 0.05) is 26.3 Å². The highest BCUT2D eigenvalue weighted by atomic mass is 35.5. The molecule has 0 saturated heterocycles. The summed E-state index contributed by atoms with van der Waals surface area (Å²) in [5, 5.41) is 5.53. The van der Waals surface area contributed by atoms with Crippen molar-refractivity contribution in [3.8, 4) is 5.75 Å². The van der Waals surface area contributed by atoms with E-state index in [9.17, 15) is 0 Å². The molecule has 0 radical (unpaired) electrons. The molecular weight excluding hydrogens is 294 g/mol. The number of nitrogens with zero attached hydrogens (tertiary/aromatic N) is 3. The first kappa shape index (κ1) is 15.3. The van der Waals surface area contributed by atoms with Gasteiger partial charge >= 0.3 is 0 Å². The second-order valence-electron chi connectivity index (χ2n) is 5.88. The third-order valence-electron chi connectivity index (χ3n) is 3.00. The largest absolute Gasteiger partial charge is 0.491 e. The predicted octanol–water partition coefficient (Wildman–Crippen LogP) is 3.41. The Hall–Kier alpha value is -1.11. The number of aromatic nitrogens is 3. The van der Waals surface area contributed by atoms with Crippen LogP contribution in [0.15, 0.2) is 12.4 Å². The van der Waals surface area contributed by atoms with Crippen LogP contribution in [0.25, 0.3) is 10.9 Å². The van der Waals surface area contributed by atoms with Gasteiger partial charge in [-0.05, 0) is 6.04 Å². The van der Waals surface area contributed by atoms with E-state index in [-0.39, 0.29) is 0 Å². The van der Waals surface area contributed by atoms with Gasteiger partial charge < -0.3 is 9.47 Å². The van der Waals surface area contributed by atoms with Gasteiger partial charge in [0.2, 0.25) is 0 Å². The van der Waals surface area contributed by atoms with Crippen molar-refractivity contribution in [3.05, 3.63) is 17.5 Å². The molecule has 110 valence electrons. The van der Waals surface area contributed by atoms with E-state index in [2.05, 4.69) is 29.7 Å². The molecule has 2 heterocycles. The number of ether oxygens (including phenoxy) is 2. The van der Waals surface area contributed by atoms with Crippen molar-refractivity contribution in [2.24, 2.45) is 0 Å². The molecule has 0 saturated carbocycles. The zero-order valence-corrected chi connectivity index (χ0v) is 14.1. The van der Waals surface area contributed by atoms with E-state index in [4.69, 9.17) is 21.1 Å². The van der Waals surface area contributed by atoms with Crippen LogP contribution in [0.4, 0.5) is 0 Å². The standard InChI is InChI=1S/C13H20ClN3O2Si/c1-18-12-11-10(7-15-13(12)14)8-16-17(11)9-19-5-6-20(2,3)4/h7-8H,5-6,9H2,1-4H3. The van der Waals surface area contributed by atoms with Crippen LogP contribution in [0.1, 0.15) is 0 Å². The number of rotatable bonds is 6. The van der Waals surface area contributed by atoms with Crippen molar-refractivity contribution in [1.29, 1.82) is 0 Å². The van der Waals surface area contributed by atoms with Crippen LogP contribution in [0, 0.1) is 0 Å². The van der Waals surface area contributed by atoms with Crippen LogP contribution < -0.4 is 4.74 Å². The number of fused-ring (bicyclic) bond motifs is 1. The fourth-order valence-electron chi connectivity index (χ4n) is 1.83. The zero-order valence-electron chi connectivity index (χ0n) is 12.3. The minimum atomic E-state index is -1.07. The lowest BCUT2D eigenvalue weighted by Gasteiger charge is -2.15. The van der Waals surface area contributed by atoms with Crippen molar-refractivity contribution in [2.75, 3.05) is 13.7 Å². The van der Waals surface area contributed by atoms with Gasteiger partial charge in [-0.2, -0.15) is 5.10 Å². The van der Waals surface area contributed by atoms with Gasteiger partial charge in [0.15, 0.2) is 10.9 Å². The molecule has 0 amide bonds. The quantitative estimate of drug-likeness (QED) is 0.466. The van der Waals surface area contributed by atoms with Crippen LogP contribution in [-0.2, 0) is 11.5 Å². The van der Waals surface area contributed by atoms with Gasteiger partial charge in [-0.25, -0.2) is 9.67 Å². The lowest BCUT2D eigenvalue weighted by atomic mass is 10.3. The maximum atomic E-state index is 6.04. The SMILES string of the molecule is COc1c(Cl)ncc2cnn(COCC[Si](C)(C)C)c12. The molecule has 0 atom stereocenters. The average Bonchev–Trinajstić information content (AvgIpc) is 2.77. The fraction of sp³-hybridized carbons (Fsp3) is 0.538. The Labute approximate surface area is 124 Å². The minimum Gasteiger partial charge on any atom is -0.491 e. The number of hydrogen-bond donors (Lipinski definition) is 0. The van der Waals surface area contributed by atoms with Crippen molar-refractivity contribution in [1.82, 2.24) is 14.8 Å². The van der Waals surface area contributed by atoms with Crippen LogP contribution in [0.3, 0.4) is 0 Å². The number of pyridine rings is 1. The summed E-state index contributed by atoms with van der Waals surface area (Å²) in [4.78, 5) is 4.07. The van der Waals surface area contributed by atoms with E-state index < -0.39 is 8.07 Å². The summed E-state index contributed by atoms with van der Waals surface area (Å²) in [6.07, 6.45) is 3.43. The Morgan fingerprint density at radius 2 is 2.05 bits per heavy atom. The Morgan fingerprint density at radius 1 is 1.30 bits per heavy atom. The summed E-state index contributed by atoms with van der Waals surface area (Å²) >= 11 is 6.04. The van der Waals surface area contributed by atoms with Gasteiger partial charge in [-0.3, -0.25) is 0 Å². The van der Waals surface area contributed by atoms with Crippen molar-refractivity contribution in [2.45, 2.75) is 32.4 Å². The predicted molar refractivity (Wildman–Crippen MR) is 83.2 cm³/mol. The maximum absolute atomic E-state index is 6.04. The third-order valence-corrected chi connectivity index (χ3v) is 4.97. The molecule has 0 N–H and O–H groups in total. The fourth-order valence-corrected chi connectivity index (χ4v) is 2.81. The Bertz CT molecular complexity index is 595. The second kappa shape index (κ2) is 6.11. The van der Waals surface area contributed by atoms with E-state index >= 15 is 0 Å². The first-order valence-corrected chi connectivity index (χ1v) is 10.6. The van der Waals surface area contributed by atoms with Crippen LogP contribution >= 0.6 is 11.6 Å². The Kier molecular flexibility index (Phi) is 4.67. The van der Waals surface area contributed by atoms with Gasteiger partial charge in [-0.1, -0.05) is 31.2 Å². The highest BCUT2D eigenvalue weighted by Gasteiger charge is 2.15. The van der Waals surface area contributed by atoms with Gasteiger partial charge in [0.05, 0.1) is 13.3 Å². The Morgan fingerprint density at radius 3 is 2.70 bits per heavy atom. The maximum Gasteiger partial charge on any atom is 0.182 e. The van der Waals surface area contributed by atoms with Crippen LogP contribution in [0.5, 0.6) is 5.75 Å². The van der Waals surface area contributed by atoms with E-state index in [1.54, 1.807) is 24.2 Å². The van der Waals surface area contributed by atoms with Crippen molar-refractivity contribution >= 4 is 30.6 Å². The smallest absolute Gasteiger partial charge is 0.182 e. The molecule has 2 rings (SSSR count). The second-order valence-corrected chi connectivity index (χ2v) is 11.9. The van der Waals surface area contributed by atoms with Gasteiger partial charge in [-0.15, -0.1) is 0 Å². The molecule has 0 bridgehead atoms. The third kappa shape index (κ3) is 3.50. The number of halogens is 1. The first-order chi connectivity index (χ1) is 9.42. The van der Waals surface area contributed by atoms with Gasteiger partial charge in [0.1, 0.15) is 12.2 Å².